The average molecular weight is 341 g/mol. The van der Waals surface area contributed by atoms with Crippen molar-refractivity contribution < 1.29 is 27.8 Å². The van der Waals surface area contributed by atoms with Crippen LogP contribution in [0.1, 0.15) is 25.5 Å². The van der Waals surface area contributed by atoms with Gasteiger partial charge in [0.2, 0.25) is 0 Å². The molecule has 1 aromatic rings. The number of aromatic nitrogens is 1. The van der Waals surface area contributed by atoms with Crippen molar-refractivity contribution in [2.24, 2.45) is 0 Å². The Morgan fingerprint density at radius 1 is 1.55 bits per heavy atom. The lowest BCUT2D eigenvalue weighted by Gasteiger charge is -2.33. The number of nitrogens with two attached hydrogens (primary N) is 1. The lowest BCUT2D eigenvalue weighted by atomic mass is 9.95. The van der Waals surface area contributed by atoms with Crippen LogP contribution in [0.5, 0.6) is 0 Å². The minimum atomic E-state index is -5.08. The highest BCUT2D eigenvalue weighted by molar-refractivity contribution is 7.13. The highest BCUT2D eigenvalue weighted by atomic mass is 32.1. The number of carbonyl (C=O) groups is 1. The number of alkyl halides is 3. The van der Waals surface area contributed by atoms with E-state index in [0.717, 1.165) is 31.6 Å². The largest absolute Gasteiger partial charge is 0.490 e. The molecule has 0 atom stereocenters. The molecule has 0 spiro atoms. The summed E-state index contributed by atoms with van der Waals surface area (Å²) in [6, 6.07) is 0. The number of halogens is 3. The van der Waals surface area contributed by atoms with Gasteiger partial charge in [0.25, 0.3) is 0 Å². The van der Waals surface area contributed by atoms with E-state index in [2.05, 4.69) is 17.2 Å². The van der Waals surface area contributed by atoms with Crippen LogP contribution in [-0.2, 0) is 16.1 Å². The molecule has 2 heterocycles. The Hall–Kier alpha value is -1.39. The summed E-state index contributed by atoms with van der Waals surface area (Å²) in [7, 11) is 0. The first-order chi connectivity index (χ1) is 10.1. The van der Waals surface area contributed by atoms with Gasteiger partial charge in [-0.3, -0.25) is 0 Å². The molecule has 1 aromatic heterocycles. The number of carboxylic acid groups (broad SMARTS) is 1. The number of nitrogens with one attached hydrogen (secondary N) is 1. The Labute approximate surface area is 129 Å². The zero-order valence-electron chi connectivity index (χ0n) is 11.9. The molecular weight excluding hydrogens is 323 g/mol. The predicted octanol–water partition coefficient (Wildman–Crippen LogP) is 2.02. The number of piperidine rings is 1. The second kappa shape index (κ2) is 7.75. The fourth-order valence-corrected chi connectivity index (χ4v) is 2.28. The van der Waals surface area contributed by atoms with Gasteiger partial charge >= 0.3 is 12.1 Å². The molecule has 0 aliphatic carbocycles. The minimum absolute atomic E-state index is 0.00360. The van der Waals surface area contributed by atoms with E-state index in [1.807, 2.05) is 5.38 Å². The number of nitrogens with zero attached hydrogens (tertiary/aromatic N) is 1. The third-order valence-corrected chi connectivity index (χ3v) is 3.76. The van der Waals surface area contributed by atoms with Gasteiger partial charge < -0.3 is 20.9 Å². The van der Waals surface area contributed by atoms with Gasteiger partial charge in [0.15, 0.2) is 5.13 Å². The SMILES string of the molecule is CC1(OCc2csc(N)n2)CCNCC1.O=C(O)C(F)(F)F. The van der Waals surface area contributed by atoms with E-state index in [9.17, 15) is 13.2 Å². The summed E-state index contributed by atoms with van der Waals surface area (Å²) in [6.45, 7) is 4.82. The van der Waals surface area contributed by atoms with Crippen LogP contribution in [0.3, 0.4) is 0 Å². The van der Waals surface area contributed by atoms with Crippen molar-refractivity contribution in [3.8, 4) is 0 Å². The van der Waals surface area contributed by atoms with E-state index in [0.29, 0.717) is 11.7 Å². The summed E-state index contributed by atoms with van der Waals surface area (Å²) in [6.07, 6.45) is -2.96. The van der Waals surface area contributed by atoms with Crippen molar-refractivity contribution in [3.63, 3.8) is 0 Å². The Bertz CT molecular complexity index is 487. The Morgan fingerprint density at radius 2 is 2.09 bits per heavy atom. The minimum Gasteiger partial charge on any atom is -0.475 e. The predicted molar refractivity (Wildman–Crippen MR) is 75.5 cm³/mol. The highest BCUT2D eigenvalue weighted by Crippen LogP contribution is 2.24. The molecule has 126 valence electrons. The van der Waals surface area contributed by atoms with Gasteiger partial charge in [-0.25, -0.2) is 9.78 Å². The topological polar surface area (TPSA) is 97.5 Å². The van der Waals surface area contributed by atoms with E-state index in [4.69, 9.17) is 20.4 Å². The zero-order valence-corrected chi connectivity index (χ0v) is 12.8. The molecule has 0 amide bonds. The molecule has 1 fully saturated rings. The lowest BCUT2D eigenvalue weighted by Crippen LogP contribution is -2.41. The molecule has 4 N–H and O–H groups in total. The molecule has 10 heteroatoms. The quantitative estimate of drug-likeness (QED) is 0.778. The molecule has 0 bridgehead atoms. The molecule has 1 saturated heterocycles. The van der Waals surface area contributed by atoms with Crippen LogP contribution in [-0.4, -0.2) is 40.9 Å². The summed E-state index contributed by atoms with van der Waals surface area (Å²) in [4.78, 5) is 13.1. The second-order valence-electron chi connectivity index (χ2n) is 4.97. The van der Waals surface area contributed by atoms with Crippen molar-refractivity contribution in [3.05, 3.63) is 11.1 Å². The van der Waals surface area contributed by atoms with E-state index in [-0.39, 0.29) is 5.60 Å². The van der Waals surface area contributed by atoms with Crippen molar-refractivity contribution in [2.45, 2.75) is 38.1 Å². The number of nitrogen functional groups attached to an aromatic ring is 1. The number of anilines is 1. The first-order valence-electron chi connectivity index (χ1n) is 6.47. The molecular formula is C12H18F3N3O3S. The van der Waals surface area contributed by atoms with Crippen LogP contribution in [0.2, 0.25) is 0 Å². The second-order valence-corrected chi connectivity index (χ2v) is 5.86. The van der Waals surface area contributed by atoms with E-state index in [1.54, 1.807) is 0 Å². The third-order valence-electron chi connectivity index (χ3n) is 3.04. The van der Waals surface area contributed by atoms with Crippen LogP contribution in [0, 0.1) is 0 Å². The Morgan fingerprint density at radius 3 is 2.50 bits per heavy atom. The fourth-order valence-electron chi connectivity index (χ4n) is 1.74. The van der Waals surface area contributed by atoms with Crippen LogP contribution < -0.4 is 11.1 Å². The number of ether oxygens (including phenoxy) is 1. The van der Waals surface area contributed by atoms with Crippen LogP contribution in [0.15, 0.2) is 5.38 Å². The normalized spacial score (nSPS) is 17.5. The lowest BCUT2D eigenvalue weighted by molar-refractivity contribution is -0.192. The fraction of sp³-hybridized carbons (Fsp3) is 0.667. The molecule has 0 saturated carbocycles. The summed E-state index contributed by atoms with van der Waals surface area (Å²) in [5.74, 6) is -2.76. The molecule has 6 nitrogen and oxygen atoms in total. The molecule has 22 heavy (non-hydrogen) atoms. The monoisotopic (exact) mass is 341 g/mol. The van der Waals surface area contributed by atoms with Gasteiger partial charge in [0.1, 0.15) is 0 Å². The number of rotatable bonds is 3. The maximum Gasteiger partial charge on any atom is 0.490 e. The maximum atomic E-state index is 10.6. The van der Waals surface area contributed by atoms with Crippen molar-refractivity contribution >= 4 is 22.4 Å². The zero-order chi connectivity index (χ0) is 16.8. The van der Waals surface area contributed by atoms with Gasteiger partial charge in [0, 0.05) is 5.38 Å². The van der Waals surface area contributed by atoms with Crippen LogP contribution in [0.4, 0.5) is 18.3 Å². The molecule has 0 aromatic carbocycles. The van der Waals surface area contributed by atoms with Gasteiger partial charge in [-0.2, -0.15) is 13.2 Å². The first kappa shape index (κ1) is 18.7. The van der Waals surface area contributed by atoms with E-state index >= 15 is 0 Å². The summed E-state index contributed by atoms with van der Waals surface area (Å²) in [5, 5.41) is 13.0. The third kappa shape index (κ3) is 6.58. The van der Waals surface area contributed by atoms with Crippen molar-refractivity contribution in [1.29, 1.82) is 0 Å². The summed E-state index contributed by atoms with van der Waals surface area (Å²) < 4.78 is 37.7. The smallest absolute Gasteiger partial charge is 0.475 e. The Balaban J connectivity index is 0.000000295. The van der Waals surface area contributed by atoms with Gasteiger partial charge in [-0.05, 0) is 32.9 Å². The standard InChI is InChI=1S/C10H17N3OS.C2HF3O2/c1-10(2-4-12-5-3-10)14-6-8-7-15-9(11)13-8;3-2(4,5)1(6)7/h7,12H,2-6H2,1H3,(H2,11,13);(H,6,7). The van der Waals surface area contributed by atoms with Crippen LogP contribution >= 0.6 is 11.3 Å². The number of thiazole rings is 1. The molecule has 1 aliphatic rings. The first-order valence-corrected chi connectivity index (χ1v) is 7.35. The number of aliphatic carboxylic acids is 1. The summed E-state index contributed by atoms with van der Waals surface area (Å²) in [5.41, 5.74) is 6.51. The van der Waals surface area contributed by atoms with Crippen LogP contribution in [0.25, 0.3) is 0 Å². The molecule has 2 rings (SSSR count). The summed E-state index contributed by atoms with van der Waals surface area (Å²) >= 11 is 1.46. The van der Waals surface area contributed by atoms with Crippen molar-refractivity contribution in [2.75, 3.05) is 18.8 Å². The van der Waals surface area contributed by atoms with Crippen molar-refractivity contribution in [1.82, 2.24) is 10.3 Å². The average Bonchev–Trinajstić information content (AvgIpc) is 2.83. The number of carboxylic acids is 1. The number of hydrogen-bond donors (Lipinski definition) is 3. The Kier molecular flexibility index (Phi) is 6.57. The van der Waals surface area contributed by atoms with Gasteiger partial charge in [-0.15, -0.1) is 11.3 Å². The molecule has 0 radical (unpaired) electrons. The van der Waals surface area contributed by atoms with E-state index in [1.165, 1.54) is 11.3 Å². The molecule has 1 aliphatic heterocycles. The van der Waals surface area contributed by atoms with Gasteiger partial charge in [-0.1, -0.05) is 0 Å². The maximum absolute atomic E-state index is 10.6. The number of hydrogen-bond acceptors (Lipinski definition) is 6. The van der Waals surface area contributed by atoms with Gasteiger partial charge in [0.05, 0.1) is 17.9 Å². The highest BCUT2D eigenvalue weighted by Gasteiger charge is 2.38. The molecule has 0 unspecified atom stereocenters. The van der Waals surface area contributed by atoms with E-state index < -0.39 is 12.1 Å².